The van der Waals surface area contributed by atoms with Gasteiger partial charge in [-0.3, -0.25) is 4.79 Å². The van der Waals surface area contributed by atoms with E-state index in [0.717, 1.165) is 25.9 Å². The third-order valence-corrected chi connectivity index (χ3v) is 4.67. The number of nitrogens with zero attached hydrogens (tertiary/aromatic N) is 2. The van der Waals surface area contributed by atoms with Crippen LogP contribution in [0.25, 0.3) is 0 Å². The van der Waals surface area contributed by atoms with E-state index in [1.807, 2.05) is 23.1 Å². The van der Waals surface area contributed by atoms with Crippen molar-refractivity contribution in [2.45, 2.75) is 25.7 Å². The molecule has 0 saturated carbocycles. The number of carbonyl (C=O) groups is 2. The zero-order chi connectivity index (χ0) is 16.2. The molecule has 0 atom stereocenters. The summed E-state index contributed by atoms with van der Waals surface area (Å²) >= 11 is 0. The van der Waals surface area contributed by atoms with Crippen molar-refractivity contribution in [1.29, 1.82) is 0 Å². The molecule has 2 aliphatic rings. The molecule has 1 saturated heterocycles. The molecule has 0 aromatic heterocycles. The first-order valence-corrected chi connectivity index (χ1v) is 8.21. The Bertz CT molecular complexity index is 616. The van der Waals surface area contributed by atoms with Crippen molar-refractivity contribution in [1.82, 2.24) is 4.90 Å². The van der Waals surface area contributed by atoms with E-state index in [9.17, 15) is 14.7 Å². The predicted octanol–water partition coefficient (Wildman–Crippen LogP) is 2.29. The Morgan fingerprint density at radius 1 is 0.870 bits per heavy atom. The van der Waals surface area contributed by atoms with Crippen molar-refractivity contribution in [2.75, 3.05) is 31.1 Å². The second-order valence-electron chi connectivity index (χ2n) is 6.08. The number of benzene rings is 1. The summed E-state index contributed by atoms with van der Waals surface area (Å²) in [6.45, 7) is 2.85. The molecule has 5 heteroatoms. The van der Waals surface area contributed by atoms with Crippen LogP contribution in [0.15, 0.2) is 41.5 Å². The lowest BCUT2D eigenvalue weighted by Gasteiger charge is -2.37. The van der Waals surface area contributed by atoms with Gasteiger partial charge in [-0.2, -0.15) is 0 Å². The number of carbonyl (C=O) groups excluding carboxylic acids is 1. The van der Waals surface area contributed by atoms with E-state index in [0.29, 0.717) is 37.1 Å². The zero-order valence-corrected chi connectivity index (χ0v) is 13.2. The summed E-state index contributed by atoms with van der Waals surface area (Å²) in [6.07, 6.45) is 2.88. The number of rotatable bonds is 3. The number of aliphatic carboxylic acids is 1. The number of para-hydroxylation sites is 1. The number of anilines is 1. The molecule has 0 spiro atoms. The molecule has 1 N–H and O–H groups in total. The molecule has 5 nitrogen and oxygen atoms in total. The summed E-state index contributed by atoms with van der Waals surface area (Å²) in [4.78, 5) is 28.1. The van der Waals surface area contributed by atoms with Crippen LogP contribution in [0.5, 0.6) is 0 Å². The highest BCUT2D eigenvalue weighted by Gasteiger charge is 2.29. The van der Waals surface area contributed by atoms with Crippen LogP contribution in [-0.4, -0.2) is 48.1 Å². The third-order valence-electron chi connectivity index (χ3n) is 4.67. The fourth-order valence-corrected chi connectivity index (χ4v) is 3.37. The second kappa shape index (κ2) is 6.86. The summed E-state index contributed by atoms with van der Waals surface area (Å²) < 4.78 is 0. The van der Waals surface area contributed by atoms with Crippen molar-refractivity contribution in [3.05, 3.63) is 41.5 Å². The molecule has 3 rings (SSSR count). The van der Waals surface area contributed by atoms with Crippen LogP contribution in [0.3, 0.4) is 0 Å². The Morgan fingerprint density at radius 2 is 1.48 bits per heavy atom. The fourth-order valence-electron chi connectivity index (χ4n) is 3.37. The molecular weight excluding hydrogens is 292 g/mol. The van der Waals surface area contributed by atoms with E-state index in [-0.39, 0.29) is 5.91 Å². The molecule has 1 fully saturated rings. The van der Waals surface area contributed by atoms with Gasteiger partial charge in [0.25, 0.3) is 0 Å². The SMILES string of the molecule is O=C(O)C1=C(C(=O)N2CCN(c3ccccc3)CC2)CCCC1. The Balaban J connectivity index is 1.67. The third kappa shape index (κ3) is 3.38. The van der Waals surface area contributed by atoms with Gasteiger partial charge in [0.05, 0.1) is 0 Å². The Hall–Kier alpha value is -2.30. The lowest BCUT2D eigenvalue weighted by Crippen LogP contribution is -2.49. The quantitative estimate of drug-likeness (QED) is 0.930. The Kier molecular flexibility index (Phi) is 4.65. The van der Waals surface area contributed by atoms with Crippen molar-refractivity contribution in [3.63, 3.8) is 0 Å². The summed E-state index contributed by atoms with van der Waals surface area (Å²) in [5.41, 5.74) is 2.02. The number of piperazine rings is 1. The minimum Gasteiger partial charge on any atom is -0.478 e. The van der Waals surface area contributed by atoms with Gasteiger partial charge in [-0.15, -0.1) is 0 Å². The molecule has 23 heavy (non-hydrogen) atoms. The monoisotopic (exact) mass is 314 g/mol. The van der Waals surface area contributed by atoms with Gasteiger partial charge < -0.3 is 14.9 Å². The molecule has 1 amide bonds. The first kappa shape index (κ1) is 15.6. The van der Waals surface area contributed by atoms with Gasteiger partial charge in [0.1, 0.15) is 0 Å². The van der Waals surface area contributed by atoms with E-state index >= 15 is 0 Å². The van der Waals surface area contributed by atoms with Gasteiger partial charge in [0.15, 0.2) is 0 Å². The van der Waals surface area contributed by atoms with Gasteiger partial charge in [-0.25, -0.2) is 4.79 Å². The van der Waals surface area contributed by atoms with Crippen molar-refractivity contribution >= 4 is 17.6 Å². The van der Waals surface area contributed by atoms with E-state index < -0.39 is 5.97 Å². The molecule has 0 radical (unpaired) electrons. The Labute approximate surface area is 136 Å². The van der Waals surface area contributed by atoms with E-state index in [4.69, 9.17) is 0 Å². The van der Waals surface area contributed by atoms with Gasteiger partial charge >= 0.3 is 5.97 Å². The predicted molar refractivity (Wildman–Crippen MR) is 88.4 cm³/mol. The lowest BCUT2D eigenvalue weighted by molar-refractivity contribution is -0.134. The zero-order valence-electron chi connectivity index (χ0n) is 13.2. The van der Waals surface area contributed by atoms with Gasteiger partial charge in [-0.05, 0) is 37.8 Å². The summed E-state index contributed by atoms with van der Waals surface area (Å²) in [7, 11) is 0. The van der Waals surface area contributed by atoms with Gasteiger partial charge in [0, 0.05) is 43.0 Å². The molecule has 1 aromatic carbocycles. The van der Waals surface area contributed by atoms with Crippen LogP contribution in [0.4, 0.5) is 5.69 Å². The molecule has 0 unspecified atom stereocenters. The van der Waals surface area contributed by atoms with Crippen molar-refractivity contribution < 1.29 is 14.7 Å². The Morgan fingerprint density at radius 3 is 2.09 bits per heavy atom. The highest BCUT2D eigenvalue weighted by atomic mass is 16.4. The number of amides is 1. The first-order chi connectivity index (χ1) is 11.2. The maximum absolute atomic E-state index is 12.7. The molecule has 0 bridgehead atoms. The first-order valence-electron chi connectivity index (χ1n) is 8.21. The maximum atomic E-state index is 12.7. The highest BCUT2D eigenvalue weighted by molar-refractivity contribution is 6.02. The van der Waals surface area contributed by atoms with Crippen molar-refractivity contribution in [2.24, 2.45) is 0 Å². The number of carboxylic acids is 1. The normalized spacial score (nSPS) is 19.0. The van der Waals surface area contributed by atoms with Crippen LogP contribution < -0.4 is 4.90 Å². The fraction of sp³-hybridized carbons (Fsp3) is 0.444. The molecular formula is C18H22N2O3. The van der Waals surface area contributed by atoms with Crippen LogP contribution in [0.2, 0.25) is 0 Å². The van der Waals surface area contributed by atoms with Crippen LogP contribution in [0, 0.1) is 0 Å². The molecule has 1 heterocycles. The highest BCUT2D eigenvalue weighted by Crippen LogP contribution is 2.27. The smallest absolute Gasteiger partial charge is 0.332 e. The van der Waals surface area contributed by atoms with Crippen molar-refractivity contribution in [3.8, 4) is 0 Å². The summed E-state index contributed by atoms with van der Waals surface area (Å²) in [5, 5.41) is 9.31. The van der Waals surface area contributed by atoms with E-state index in [1.54, 1.807) is 0 Å². The average Bonchev–Trinajstić information content (AvgIpc) is 2.62. The van der Waals surface area contributed by atoms with E-state index in [1.165, 1.54) is 5.69 Å². The van der Waals surface area contributed by atoms with E-state index in [2.05, 4.69) is 17.0 Å². The van der Waals surface area contributed by atoms with Crippen LogP contribution in [-0.2, 0) is 9.59 Å². The molecule has 1 aliphatic heterocycles. The standard InChI is InChI=1S/C18H22N2O3/c21-17(15-8-4-5-9-16(15)18(22)23)20-12-10-19(11-13-20)14-6-2-1-3-7-14/h1-3,6-7H,4-5,8-13H2,(H,22,23). The average molecular weight is 314 g/mol. The number of hydrogen-bond acceptors (Lipinski definition) is 3. The molecule has 122 valence electrons. The lowest BCUT2D eigenvalue weighted by atomic mass is 9.90. The summed E-state index contributed by atoms with van der Waals surface area (Å²) in [5.74, 6) is -1.01. The topological polar surface area (TPSA) is 60.9 Å². The van der Waals surface area contributed by atoms with Crippen LogP contribution in [0.1, 0.15) is 25.7 Å². The minimum absolute atomic E-state index is 0.0742. The van der Waals surface area contributed by atoms with Gasteiger partial charge in [-0.1, -0.05) is 18.2 Å². The largest absolute Gasteiger partial charge is 0.478 e. The number of hydrogen-bond donors (Lipinski definition) is 1. The minimum atomic E-state index is -0.934. The van der Waals surface area contributed by atoms with Crippen LogP contribution >= 0.6 is 0 Å². The summed E-state index contributed by atoms with van der Waals surface area (Å²) in [6, 6.07) is 10.2. The molecule has 1 aromatic rings. The number of carboxylic acid groups (broad SMARTS) is 1. The molecule has 1 aliphatic carbocycles. The van der Waals surface area contributed by atoms with Gasteiger partial charge in [0.2, 0.25) is 5.91 Å². The second-order valence-corrected chi connectivity index (χ2v) is 6.08. The maximum Gasteiger partial charge on any atom is 0.332 e.